The van der Waals surface area contributed by atoms with Gasteiger partial charge in [-0.05, 0) is 44.0 Å². The molecule has 0 heterocycles. The smallest absolute Gasteiger partial charge is 0.310 e. The third-order valence-corrected chi connectivity index (χ3v) is 3.88. The summed E-state index contributed by atoms with van der Waals surface area (Å²) in [5, 5.41) is 14.9. The van der Waals surface area contributed by atoms with E-state index in [1.807, 2.05) is 0 Å². The largest absolute Gasteiger partial charge is 0.481 e. The Bertz CT molecular complexity index is 612. The number of hydrogen-bond acceptors (Lipinski definition) is 3. The van der Waals surface area contributed by atoms with Gasteiger partial charge in [0.05, 0.1) is 5.41 Å². The first-order valence-corrected chi connectivity index (χ1v) is 8.00. The number of nitrogens with one attached hydrogen (secondary N) is 2. The summed E-state index contributed by atoms with van der Waals surface area (Å²) < 4.78 is 0. The molecule has 0 saturated heterocycles. The molecule has 0 aliphatic rings. The Hall–Kier alpha value is -2.08. The number of carboxylic acids is 1. The van der Waals surface area contributed by atoms with Crippen LogP contribution in [-0.4, -0.2) is 35.5 Å². The molecule has 7 heteroatoms. The lowest BCUT2D eigenvalue weighted by atomic mass is 9.93. The Labute approximate surface area is 146 Å². The van der Waals surface area contributed by atoms with Crippen molar-refractivity contribution in [2.75, 3.05) is 6.54 Å². The molecule has 1 aromatic carbocycles. The Morgan fingerprint density at radius 2 is 1.71 bits per heavy atom. The number of hydrogen-bond donors (Lipinski definition) is 3. The van der Waals surface area contributed by atoms with E-state index in [1.165, 1.54) is 13.8 Å². The number of carbonyl (C=O) groups excluding carboxylic acids is 2. The molecule has 0 aliphatic heterocycles. The molecule has 2 amide bonds. The maximum atomic E-state index is 12.3. The van der Waals surface area contributed by atoms with Crippen LogP contribution in [0.1, 0.15) is 38.1 Å². The molecule has 0 saturated carbocycles. The first-order chi connectivity index (χ1) is 11.0. The SMILES string of the molecule is CC(C)C(NC(=O)c1ccc(Cl)cc1)C(=O)NCC(C)(C)C(=O)O. The second-order valence-electron chi connectivity index (χ2n) is 6.61. The minimum absolute atomic E-state index is 0.0266. The molecule has 0 bridgehead atoms. The zero-order valence-corrected chi connectivity index (χ0v) is 15.0. The van der Waals surface area contributed by atoms with Crippen molar-refractivity contribution in [3.05, 3.63) is 34.9 Å². The summed E-state index contributed by atoms with van der Waals surface area (Å²) in [4.78, 5) is 35.7. The molecule has 3 N–H and O–H groups in total. The van der Waals surface area contributed by atoms with Crippen LogP contribution >= 0.6 is 11.6 Å². The number of carbonyl (C=O) groups is 3. The summed E-state index contributed by atoms with van der Waals surface area (Å²) in [5.41, 5.74) is -0.694. The van der Waals surface area contributed by atoms with Crippen LogP contribution in [0.25, 0.3) is 0 Å². The van der Waals surface area contributed by atoms with Gasteiger partial charge in [-0.1, -0.05) is 25.4 Å². The first kappa shape index (κ1) is 20.0. The van der Waals surface area contributed by atoms with Crippen molar-refractivity contribution < 1.29 is 19.5 Å². The molecule has 24 heavy (non-hydrogen) atoms. The van der Waals surface area contributed by atoms with Gasteiger partial charge >= 0.3 is 5.97 Å². The number of benzene rings is 1. The van der Waals surface area contributed by atoms with Gasteiger partial charge in [0.25, 0.3) is 5.91 Å². The lowest BCUT2D eigenvalue weighted by Gasteiger charge is -2.25. The highest BCUT2D eigenvalue weighted by Gasteiger charge is 2.30. The van der Waals surface area contributed by atoms with Crippen molar-refractivity contribution in [1.29, 1.82) is 0 Å². The standard InChI is InChI=1S/C17H23ClN2O4/c1-10(2)13(15(22)19-9-17(3,4)16(23)24)20-14(21)11-5-7-12(18)8-6-11/h5-8,10,13H,9H2,1-4H3,(H,19,22)(H,20,21)(H,23,24). The molecule has 6 nitrogen and oxygen atoms in total. The van der Waals surface area contributed by atoms with Crippen LogP contribution in [0.5, 0.6) is 0 Å². The van der Waals surface area contributed by atoms with Crippen molar-refractivity contribution in [3.8, 4) is 0 Å². The number of rotatable bonds is 7. The van der Waals surface area contributed by atoms with Gasteiger partial charge in [0.15, 0.2) is 0 Å². The zero-order valence-electron chi connectivity index (χ0n) is 14.2. The molecule has 1 aromatic rings. The molecule has 1 unspecified atom stereocenters. The monoisotopic (exact) mass is 354 g/mol. The summed E-state index contributed by atoms with van der Waals surface area (Å²) >= 11 is 5.79. The molecule has 1 rings (SSSR count). The molecule has 0 spiro atoms. The molecule has 0 aliphatic carbocycles. The summed E-state index contributed by atoms with van der Waals surface area (Å²) in [6, 6.07) is 5.56. The van der Waals surface area contributed by atoms with E-state index in [2.05, 4.69) is 10.6 Å². The van der Waals surface area contributed by atoms with E-state index < -0.39 is 29.2 Å². The van der Waals surface area contributed by atoms with Gasteiger partial charge in [-0.15, -0.1) is 0 Å². The predicted octanol–water partition coefficient (Wildman–Crippen LogP) is 2.32. The molecular formula is C17H23ClN2O4. The molecule has 0 aromatic heterocycles. The van der Waals surface area contributed by atoms with Crippen molar-refractivity contribution in [2.45, 2.75) is 33.7 Å². The predicted molar refractivity (Wildman–Crippen MR) is 92.0 cm³/mol. The van der Waals surface area contributed by atoms with Crippen LogP contribution in [0.3, 0.4) is 0 Å². The van der Waals surface area contributed by atoms with Crippen molar-refractivity contribution in [2.24, 2.45) is 11.3 Å². The highest BCUT2D eigenvalue weighted by Crippen LogP contribution is 2.14. The number of amides is 2. The second-order valence-corrected chi connectivity index (χ2v) is 7.05. The van der Waals surface area contributed by atoms with Crippen LogP contribution in [-0.2, 0) is 9.59 Å². The quantitative estimate of drug-likeness (QED) is 0.700. The summed E-state index contributed by atoms with van der Waals surface area (Å²) in [6.07, 6.45) is 0. The number of aliphatic carboxylic acids is 1. The topological polar surface area (TPSA) is 95.5 Å². The van der Waals surface area contributed by atoms with Crippen molar-refractivity contribution in [1.82, 2.24) is 10.6 Å². The Balaban J connectivity index is 2.76. The summed E-state index contributed by atoms with van der Waals surface area (Å²) in [6.45, 7) is 6.61. The highest BCUT2D eigenvalue weighted by molar-refractivity contribution is 6.30. The number of carboxylic acid groups (broad SMARTS) is 1. The van der Waals surface area contributed by atoms with Gasteiger partial charge in [-0.2, -0.15) is 0 Å². The zero-order chi connectivity index (χ0) is 18.5. The summed E-state index contributed by atoms with van der Waals surface area (Å²) in [5.74, 6) is -1.97. The van der Waals surface area contributed by atoms with Crippen molar-refractivity contribution >= 4 is 29.4 Å². The third-order valence-electron chi connectivity index (χ3n) is 3.63. The minimum Gasteiger partial charge on any atom is -0.481 e. The van der Waals surface area contributed by atoms with E-state index in [-0.39, 0.29) is 12.5 Å². The lowest BCUT2D eigenvalue weighted by molar-refractivity contribution is -0.146. The van der Waals surface area contributed by atoms with Crippen molar-refractivity contribution in [3.63, 3.8) is 0 Å². The molecule has 132 valence electrons. The molecule has 1 atom stereocenters. The van der Waals surface area contributed by atoms with E-state index in [1.54, 1.807) is 38.1 Å². The Morgan fingerprint density at radius 3 is 2.17 bits per heavy atom. The van der Waals surface area contributed by atoms with Crippen LogP contribution < -0.4 is 10.6 Å². The maximum Gasteiger partial charge on any atom is 0.310 e. The van der Waals surface area contributed by atoms with Crippen LogP contribution in [0, 0.1) is 11.3 Å². The Kier molecular flexibility index (Phi) is 6.78. The molecule has 0 radical (unpaired) electrons. The van der Waals surface area contributed by atoms with Crippen LogP contribution in [0.15, 0.2) is 24.3 Å². The normalized spacial score (nSPS) is 12.6. The second kappa shape index (κ2) is 8.15. The van der Waals surface area contributed by atoms with E-state index in [0.717, 1.165) is 0 Å². The van der Waals surface area contributed by atoms with Gasteiger partial charge in [0.2, 0.25) is 5.91 Å². The fourth-order valence-corrected chi connectivity index (χ4v) is 1.98. The lowest BCUT2D eigenvalue weighted by Crippen LogP contribution is -2.52. The van der Waals surface area contributed by atoms with E-state index in [9.17, 15) is 14.4 Å². The minimum atomic E-state index is -1.09. The van der Waals surface area contributed by atoms with Gasteiger partial charge in [0.1, 0.15) is 6.04 Å². The van der Waals surface area contributed by atoms with Crippen LogP contribution in [0.4, 0.5) is 0 Å². The number of halogens is 1. The van der Waals surface area contributed by atoms with E-state index >= 15 is 0 Å². The average molecular weight is 355 g/mol. The highest BCUT2D eigenvalue weighted by atomic mass is 35.5. The average Bonchev–Trinajstić information content (AvgIpc) is 2.50. The first-order valence-electron chi connectivity index (χ1n) is 7.62. The van der Waals surface area contributed by atoms with E-state index in [0.29, 0.717) is 10.6 Å². The van der Waals surface area contributed by atoms with Crippen LogP contribution in [0.2, 0.25) is 5.02 Å². The van der Waals surface area contributed by atoms with Gasteiger partial charge in [-0.25, -0.2) is 0 Å². The molecular weight excluding hydrogens is 332 g/mol. The van der Waals surface area contributed by atoms with Gasteiger partial charge < -0.3 is 15.7 Å². The maximum absolute atomic E-state index is 12.3. The third kappa shape index (κ3) is 5.53. The fraction of sp³-hybridized carbons (Fsp3) is 0.471. The van der Waals surface area contributed by atoms with E-state index in [4.69, 9.17) is 16.7 Å². The summed E-state index contributed by atoms with van der Waals surface area (Å²) in [7, 11) is 0. The van der Waals surface area contributed by atoms with Gasteiger partial charge in [0, 0.05) is 17.1 Å². The molecule has 0 fully saturated rings. The van der Waals surface area contributed by atoms with Gasteiger partial charge in [-0.3, -0.25) is 14.4 Å². The Morgan fingerprint density at radius 1 is 1.17 bits per heavy atom. The fourth-order valence-electron chi connectivity index (χ4n) is 1.85.